The largest absolute Gasteiger partial charge is 0.340 e. The topological polar surface area (TPSA) is 135 Å². The van der Waals surface area contributed by atoms with Crippen molar-refractivity contribution in [1.82, 2.24) is 21.6 Å². The molecule has 10 heteroatoms. The zero-order chi connectivity index (χ0) is 15.1. The van der Waals surface area contributed by atoms with Crippen LogP contribution in [0.1, 0.15) is 13.8 Å². The SMILES string of the molecule is CC(=O)NOC[C@H]1NC(=O)[C@@H](CONC(C)=O)NC1=O. The summed E-state index contributed by atoms with van der Waals surface area (Å²) in [4.78, 5) is 54.0. The molecule has 1 aliphatic heterocycles. The maximum absolute atomic E-state index is 11.7. The third-order valence-electron chi connectivity index (χ3n) is 2.20. The number of carbonyl (C=O) groups is 4. The van der Waals surface area contributed by atoms with Crippen LogP contribution in [0.2, 0.25) is 0 Å². The minimum Gasteiger partial charge on any atom is -0.340 e. The normalized spacial score (nSPS) is 21.7. The minimum absolute atomic E-state index is 0.198. The van der Waals surface area contributed by atoms with Crippen LogP contribution in [0.3, 0.4) is 0 Å². The molecule has 0 aromatic rings. The molecule has 0 bridgehead atoms. The highest BCUT2D eigenvalue weighted by Gasteiger charge is 2.34. The van der Waals surface area contributed by atoms with Gasteiger partial charge in [-0.15, -0.1) is 0 Å². The first kappa shape index (κ1) is 15.9. The standard InChI is InChI=1S/C10H16N4O6/c1-5(15)13-19-3-7-9(17)12-8(10(18)11-7)4-20-14-6(2)16/h7-8H,3-4H2,1-2H3,(H,11,18)(H,12,17)(H,13,15)(H,14,16)/t7-,8-/m1/s1. The van der Waals surface area contributed by atoms with E-state index in [1.807, 2.05) is 11.0 Å². The Kier molecular flexibility index (Phi) is 5.87. The number of hydroxylamine groups is 2. The average Bonchev–Trinajstić information content (AvgIpc) is 2.33. The fourth-order valence-electron chi connectivity index (χ4n) is 1.36. The highest BCUT2D eigenvalue weighted by atomic mass is 16.7. The van der Waals surface area contributed by atoms with Crippen molar-refractivity contribution >= 4 is 23.6 Å². The second-order valence-corrected chi connectivity index (χ2v) is 4.06. The van der Waals surface area contributed by atoms with Crippen molar-refractivity contribution < 1.29 is 28.9 Å². The molecule has 0 aromatic carbocycles. The van der Waals surface area contributed by atoms with E-state index >= 15 is 0 Å². The van der Waals surface area contributed by atoms with Crippen molar-refractivity contribution in [2.24, 2.45) is 0 Å². The molecule has 112 valence electrons. The van der Waals surface area contributed by atoms with Crippen molar-refractivity contribution in [3.63, 3.8) is 0 Å². The number of rotatable bonds is 6. The lowest BCUT2D eigenvalue weighted by Gasteiger charge is -2.28. The molecule has 0 aromatic heterocycles. The lowest BCUT2D eigenvalue weighted by molar-refractivity contribution is -0.145. The predicted octanol–water partition coefficient (Wildman–Crippen LogP) is -2.89. The summed E-state index contributed by atoms with van der Waals surface area (Å²) in [6, 6.07) is -1.82. The van der Waals surface area contributed by atoms with Crippen LogP contribution in [0, 0.1) is 0 Å². The molecule has 0 aliphatic carbocycles. The third-order valence-corrected chi connectivity index (χ3v) is 2.20. The smallest absolute Gasteiger partial charge is 0.245 e. The fourth-order valence-corrected chi connectivity index (χ4v) is 1.36. The van der Waals surface area contributed by atoms with Gasteiger partial charge in [0.25, 0.3) is 0 Å². The molecule has 4 N–H and O–H groups in total. The van der Waals surface area contributed by atoms with Gasteiger partial charge in [-0.25, -0.2) is 11.0 Å². The maximum Gasteiger partial charge on any atom is 0.245 e. The zero-order valence-electron chi connectivity index (χ0n) is 11.0. The Morgan fingerprint density at radius 2 is 1.30 bits per heavy atom. The van der Waals surface area contributed by atoms with E-state index in [0.717, 1.165) is 0 Å². The van der Waals surface area contributed by atoms with Crippen LogP contribution in [0.15, 0.2) is 0 Å². The Hall–Kier alpha value is -2.20. The molecule has 4 amide bonds. The van der Waals surface area contributed by atoms with Gasteiger partial charge in [-0.1, -0.05) is 0 Å². The second kappa shape index (κ2) is 7.40. The van der Waals surface area contributed by atoms with Crippen LogP contribution < -0.4 is 21.6 Å². The number of hydrogen-bond acceptors (Lipinski definition) is 6. The minimum atomic E-state index is -0.911. The van der Waals surface area contributed by atoms with Gasteiger partial charge in [-0.2, -0.15) is 0 Å². The summed E-state index contributed by atoms with van der Waals surface area (Å²) >= 11 is 0. The molecule has 0 radical (unpaired) electrons. The Labute approximate surface area is 114 Å². The van der Waals surface area contributed by atoms with Crippen LogP contribution in [-0.2, 0) is 28.9 Å². The zero-order valence-corrected chi connectivity index (χ0v) is 11.0. The first-order valence-electron chi connectivity index (χ1n) is 5.77. The first-order valence-corrected chi connectivity index (χ1v) is 5.77. The van der Waals surface area contributed by atoms with E-state index in [9.17, 15) is 19.2 Å². The summed E-state index contributed by atoms with van der Waals surface area (Å²) in [6.45, 7) is 2.09. The maximum atomic E-state index is 11.7. The van der Waals surface area contributed by atoms with Gasteiger partial charge in [0.15, 0.2) is 0 Å². The summed E-state index contributed by atoms with van der Waals surface area (Å²) < 4.78 is 0. The first-order chi connectivity index (χ1) is 9.40. The molecule has 1 saturated heterocycles. The number of amides is 4. The van der Waals surface area contributed by atoms with Gasteiger partial charge in [0.2, 0.25) is 23.6 Å². The highest BCUT2D eigenvalue weighted by molar-refractivity contribution is 5.97. The molecule has 20 heavy (non-hydrogen) atoms. The van der Waals surface area contributed by atoms with Gasteiger partial charge in [0, 0.05) is 13.8 Å². The van der Waals surface area contributed by atoms with Crippen LogP contribution in [0.5, 0.6) is 0 Å². The molecule has 0 unspecified atom stereocenters. The molecule has 10 nitrogen and oxygen atoms in total. The average molecular weight is 288 g/mol. The van der Waals surface area contributed by atoms with Gasteiger partial charge < -0.3 is 10.6 Å². The summed E-state index contributed by atoms with van der Waals surface area (Å²) in [5.74, 6) is -1.80. The Morgan fingerprint density at radius 1 is 0.950 bits per heavy atom. The Morgan fingerprint density at radius 3 is 1.60 bits per heavy atom. The van der Waals surface area contributed by atoms with Gasteiger partial charge in [-0.3, -0.25) is 28.9 Å². The lowest BCUT2D eigenvalue weighted by Crippen LogP contribution is -2.64. The Balaban J connectivity index is 2.37. The van der Waals surface area contributed by atoms with E-state index in [-0.39, 0.29) is 13.2 Å². The second-order valence-electron chi connectivity index (χ2n) is 4.06. The molecule has 1 heterocycles. The van der Waals surface area contributed by atoms with Crippen molar-refractivity contribution in [2.45, 2.75) is 25.9 Å². The predicted molar refractivity (Wildman–Crippen MR) is 63.4 cm³/mol. The van der Waals surface area contributed by atoms with Crippen molar-refractivity contribution in [3.8, 4) is 0 Å². The molecule has 1 rings (SSSR count). The molecule has 1 aliphatic rings. The number of nitrogens with one attached hydrogen (secondary N) is 4. The molecular weight excluding hydrogens is 272 g/mol. The summed E-state index contributed by atoms with van der Waals surface area (Å²) in [7, 11) is 0. The summed E-state index contributed by atoms with van der Waals surface area (Å²) in [5, 5.41) is 4.82. The monoisotopic (exact) mass is 288 g/mol. The van der Waals surface area contributed by atoms with Crippen LogP contribution in [0.4, 0.5) is 0 Å². The van der Waals surface area contributed by atoms with E-state index in [1.165, 1.54) is 13.8 Å². The van der Waals surface area contributed by atoms with Gasteiger partial charge in [-0.05, 0) is 0 Å². The fraction of sp³-hybridized carbons (Fsp3) is 0.600. The lowest BCUT2D eigenvalue weighted by atomic mass is 10.1. The number of piperazine rings is 1. The van der Waals surface area contributed by atoms with Crippen LogP contribution >= 0.6 is 0 Å². The van der Waals surface area contributed by atoms with Crippen molar-refractivity contribution in [1.29, 1.82) is 0 Å². The van der Waals surface area contributed by atoms with Gasteiger partial charge in [0.05, 0.1) is 0 Å². The van der Waals surface area contributed by atoms with Gasteiger partial charge >= 0.3 is 0 Å². The highest BCUT2D eigenvalue weighted by Crippen LogP contribution is 1.98. The summed E-state index contributed by atoms with van der Waals surface area (Å²) in [6.07, 6.45) is 0. The Bertz CT molecular complexity index is 375. The number of carbonyl (C=O) groups excluding carboxylic acids is 4. The van der Waals surface area contributed by atoms with E-state index in [4.69, 9.17) is 9.68 Å². The molecule has 0 saturated carbocycles. The van der Waals surface area contributed by atoms with Crippen molar-refractivity contribution in [3.05, 3.63) is 0 Å². The molecule has 2 atom stereocenters. The van der Waals surface area contributed by atoms with Gasteiger partial charge in [0.1, 0.15) is 25.3 Å². The molecule has 0 spiro atoms. The third kappa shape index (κ3) is 5.20. The van der Waals surface area contributed by atoms with E-state index in [1.54, 1.807) is 0 Å². The van der Waals surface area contributed by atoms with Crippen LogP contribution in [-0.4, -0.2) is 48.9 Å². The van der Waals surface area contributed by atoms with Crippen LogP contribution in [0.25, 0.3) is 0 Å². The quantitative estimate of drug-likeness (QED) is 0.387. The van der Waals surface area contributed by atoms with E-state index in [2.05, 4.69) is 10.6 Å². The van der Waals surface area contributed by atoms with E-state index in [0.29, 0.717) is 0 Å². The van der Waals surface area contributed by atoms with Crippen molar-refractivity contribution in [2.75, 3.05) is 13.2 Å². The number of hydrogen-bond donors (Lipinski definition) is 4. The van der Waals surface area contributed by atoms with E-state index < -0.39 is 35.7 Å². The molecular formula is C10H16N4O6. The molecule has 1 fully saturated rings. The summed E-state index contributed by atoms with van der Waals surface area (Å²) in [5.41, 5.74) is 4.09.